The van der Waals surface area contributed by atoms with Crippen LogP contribution in [0.4, 0.5) is 5.82 Å². The third-order valence-electron chi connectivity index (χ3n) is 2.94. The van der Waals surface area contributed by atoms with Gasteiger partial charge >= 0.3 is 0 Å². The van der Waals surface area contributed by atoms with Gasteiger partial charge in [0.2, 0.25) is 0 Å². The first-order chi connectivity index (χ1) is 10.3. The number of anilines is 1. The number of nitrogens with zero attached hydrogens (tertiary/aromatic N) is 2. The lowest BCUT2D eigenvalue weighted by atomic mass is 10.1. The van der Waals surface area contributed by atoms with Crippen molar-refractivity contribution in [2.75, 3.05) is 32.6 Å². The van der Waals surface area contributed by atoms with Crippen molar-refractivity contribution >= 4 is 11.8 Å². The molecule has 6 nitrogen and oxygen atoms in total. The maximum Gasteiger partial charge on any atom is 0.290 e. The van der Waals surface area contributed by atoms with Gasteiger partial charge in [0.25, 0.3) is 6.02 Å². The van der Waals surface area contributed by atoms with E-state index in [9.17, 15) is 0 Å². The zero-order valence-electron chi connectivity index (χ0n) is 13.3. The first kappa shape index (κ1) is 17.2. The van der Waals surface area contributed by atoms with Gasteiger partial charge in [0.1, 0.15) is 17.7 Å². The van der Waals surface area contributed by atoms with Crippen LogP contribution in [0.1, 0.15) is 26.7 Å². The van der Waals surface area contributed by atoms with Crippen molar-refractivity contribution in [2.24, 2.45) is 4.99 Å². The van der Waals surface area contributed by atoms with Crippen LogP contribution in [0.15, 0.2) is 23.3 Å². The molecule has 0 spiro atoms. The summed E-state index contributed by atoms with van der Waals surface area (Å²) in [4.78, 5) is 8.32. The van der Waals surface area contributed by atoms with E-state index in [0.29, 0.717) is 11.8 Å². The van der Waals surface area contributed by atoms with Gasteiger partial charge in [-0.25, -0.2) is 9.98 Å². The van der Waals surface area contributed by atoms with Crippen LogP contribution in [0, 0.1) is 0 Å². The fourth-order valence-corrected chi connectivity index (χ4v) is 1.90. The second-order valence-electron chi connectivity index (χ2n) is 4.32. The van der Waals surface area contributed by atoms with E-state index in [1.54, 1.807) is 20.4 Å². The summed E-state index contributed by atoms with van der Waals surface area (Å²) in [5, 5.41) is 6.36. The summed E-state index contributed by atoms with van der Waals surface area (Å²) in [5.41, 5.74) is 0. The Morgan fingerprint density at radius 3 is 2.76 bits per heavy atom. The van der Waals surface area contributed by atoms with E-state index in [0.717, 1.165) is 31.7 Å². The molecule has 0 bridgehead atoms. The molecule has 2 heterocycles. The summed E-state index contributed by atoms with van der Waals surface area (Å²) < 4.78 is 10.9. The lowest BCUT2D eigenvalue weighted by molar-refractivity contribution is 0.154. The molecule has 1 aliphatic rings. The van der Waals surface area contributed by atoms with Crippen molar-refractivity contribution in [2.45, 2.75) is 32.8 Å². The van der Waals surface area contributed by atoms with E-state index in [-0.39, 0.29) is 6.10 Å². The quantitative estimate of drug-likeness (QED) is 0.661. The Hall–Kier alpha value is -1.82. The number of ether oxygens (including phenoxy) is 2. The molecule has 6 heteroatoms. The minimum absolute atomic E-state index is 0.165. The number of methoxy groups -OCH3 is 1. The summed E-state index contributed by atoms with van der Waals surface area (Å²) in [6.45, 7) is 5.92. The summed E-state index contributed by atoms with van der Waals surface area (Å²) in [6, 6.07) is 4.16. The van der Waals surface area contributed by atoms with Gasteiger partial charge in [-0.3, -0.25) is 5.32 Å². The molecule has 1 atom stereocenters. The van der Waals surface area contributed by atoms with Crippen LogP contribution in [-0.2, 0) is 4.74 Å². The molecule has 0 saturated carbocycles. The predicted octanol–water partition coefficient (Wildman–Crippen LogP) is 2.28. The maximum absolute atomic E-state index is 5.81. The van der Waals surface area contributed by atoms with Crippen molar-refractivity contribution in [1.82, 2.24) is 10.3 Å². The fourth-order valence-electron chi connectivity index (χ4n) is 1.90. The monoisotopic (exact) mass is 294 g/mol. The Labute approximate surface area is 127 Å². The summed E-state index contributed by atoms with van der Waals surface area (Å²) >= 11 is 0. The van der Waals surface area contributed by atoms with E-state index in [4.69, 9.17) is 9.47 Å². The standard InChI is InChI=1S/C13H20N4O2.C2H6/c1-14-13(19-11-4-3-7-15-8-11)17-12-6-5-10(18-2)9-16-12;1-2/h5-6,9,11,15H,3-4,7-8H2,1-2H3,(H,14,16,17);1-2H3. The van der Waals surface area contributed by atoms with Gasteiger partial charge in [-0.2, -0.15) is 0 Å². The first-order valence-corrected chi connectivity index (χ1v) is 7.43. The number of pyridine rings is 1. The number of hydrogen-bond acceptors (Lipinski definition) is 5. The second-order valence-corrected chi connectivity index (χ2v) is 4.32. The highest BCUT2D eigenvalue weighted by Gasteiger charge is 2.16. The highest BCUT2D eigenvalue weighted by Crippen LogP contribution is 2.12. The molecule has 1 aromatic rings. The largest absolute Gasteiger partial charge is 0.495 e. The molecule has 1 unspecified atom stereocenters. The Balaban J connectivity index is 0.00000106. The van der Waals surface area contributed by atoms with Crippen LogP contribution in [-0.4, -0.2) is 44.4 Å². The zero-order valence-corrected chi connectivity index (χ0v) is 13.3. The minimum atomic E-state index is 0.165. The highest BCUT2D eigenvalue weighted by molar-refractivity contribution is 5.88. The number of amidine groups is 1. The van der Waals surface area contributed by atoms with Crippen molar-refractivity contribution in [3.05, 3.63) is 18.3 Å². The van der Waals surface area contributed by atoms with E-state index < -0.39 is 0 Å². The molecule has 0 aliphatic carbocycles. The van der Waals surface area contributed by atoms with Gasteiger partial charge in [-0.05, 0) is 31.5 Å². The first-order valence-electron chi connectivity index (χ1n) is 7.43. The second kappa shape index (κ2) is 9.99. The van der Waals surface area contributed by atoms with Crippen molar-refractivity contribution < 1.29 is 9.47 Å². The van der Waals surface area contributed by atoms with Gasteiger partial charge in [0, 0.05) is 13.6 Å². The van der Waals surface area contributed by atoms with Gasteiger partial charge < -0.3 is 14.8 Å². The molecule has 21 heavy (non-hydrogen) atoms. The third kappa shape index (κ3) is 5.99. The Kier molecular flexibility index (Phi) is 8.19. The van der Waals surface area contributed by atoms with Crippen molar-refractivity contribution in [3.63, 3.8) is 0 Å². The molecule has 1 aromatic heterocycles. The highest BCUT2D eigenvalue weighted by atomic mass is 16.5. The van der Waals surface area contributed by atoms with Gasteiger partial charge in [-0.1, -0.05) is 13.8 Å². The Morgan fingerprint density at radius 2 is 2.24 bits per heavy atom. The fraction of sp³-hybridized carbons (Fsp3) is 0.600. The molecule has 1 aliphatic heterocycles. The molecule has 0 amide bonds. The van der Waals surface area contributed by atoms with Crippen LogP contribution in [0.5, 0.6) is 5.75 Å². The van der Waals surface area contributed by atoms with Gasteiger partial charge in [-0.15, -0.1) is 0 Å². The number of aliphatic imine (C=N–C) groups is 1. The molecule has 0 radical (unpaired) electrons. The number of nitrogens with one attached hydrogen (secondary N) is 2. The van der Waals surface area contributed by atoms with E-state index in [2.05, 4.69) is 20.6 Å². The van der Waals surface area contributed by atoms with E-state index in [1.807, 2.05) is 26.0 Å². The number of rotatable bonds is 3. The normalized spacial score (nSPS) is 18.3. The Morgan fingerprint density at radius 1 is 1.43 bits per heavy atom. The predicted molar refractivity (Wildman–Crippen MR) is 86.1 cm³/mol. The number of aromatic nitrogens is 1. The third-order valence-corrected chi connectivity index (χ3v) is 2.94. The summed E-state index contributed by atoms with van der Waals surface area (Å²) in [7, 11) is 3.31. The van der Waals surface area contributed by atoms with Crippen molar-refractivity contribution in [3.8, 4) is 5.75 Å². The molecule has 2 rings (SSSR count). The van der Waals surface area contributed by atoms with Crippen LogP contribution in [0.3, 0.4) is 0 Å². The lowest BCUT2D eigenvalue weighted by Gasteiger charge is -2.24. The van der Waals surface area contributed by atoms with Crippen LogP contribution in [0.25, 0.3) is 0 Å². The molecule has 1 fully saturated rings. The average molecular weight is 294 g/mol. The summed E-state index contributed by atoms with van der Waals surface area (Å²) in [6.07, 6.45) is 3.99. The van der Waals surface area contributed by atoms with Crippen LogP contribution >= 0.6 is 0 Å². The number of piperidine rings is 1. The molecule has 0 aromatic carbocycles. The molecule has 118 valence electrons. The number of hydrogen-bond donors (Lipinski definition) is 2. The Bertz CT molecular complexity index is 414. The van der Waals surface area contributed by atoms with Crippen LogP contribution in [0.2, 0.25) is 0 Å². The van der Waals surface area contributed by atoms with Crippen LogP contribution < -0.4 is 15.4 Å². The SMILES string of the molecule is CC.CN=C(Nc1ccc(OC)cn1)OC1CCCNC1. The molecule has 1 saturated heterocycles. The lowest BCUT2D eigenvalue weighted by Crippen LogP contribution is -2.38. The topological polar surface area (TPSA) is 67.8 Å². The smallest absolute Gasteiger partial charge is 0.290 e. The molecular weight excluding hydrogens is 268 g/mol. The maximum atomic E-state index is 5.81. The van der Waals surface area contributed by atoms with E-state index in [1.165, 1.54) is 0 Å². The minimum Gasteiger partial charge on any atom is -0.495 e. The van der Waals surface area contributed by atoms with Gasteiger partial charge in [0.15, 0.2) is 0 Å². The average Bonchev–Trinajstić information content (AvgIpc) is 2.57. The van der Waals surface area contributed by atoms with Crippen molar-refractivity contribution in [1.29, 1.82) is 0 Å². The van der Waals surface area contributed by atoms with E-state index >= 15 is 0 Å². The summed E-state index contributed by atoms with van der Waals surface area (Å²) in [5.74, 6) is 1.41. The molecule has 2 N–H and O–H groups in total. The van der Waals surface area contributed by atoms with Gasteiger partial charge in [0.05, 0.1) is 13.3 Å². The molecular formula is C15H26N4O2. The zero-order chi connectivity index (χ0) is 15.5.